The van der Waals surface area contributed by atoms with Gasteiger partial charge in [-0.1, -0.05) is 79.4 Å². The summed E-state index contributed by atoms with van der Waals surface area (Å²) in [6, 6.07) is 16.8. The standard InChI is InChI=1S/C24H23N3O3S2/c1-3-15(2)27-23(30)21(32-24(27)31)20-17-11-7-8-12-18(17)26(22(20)29)14-19(28)25-13-16-9-5-4-6-10-16/h4-12,15H,3,13-14H2,1-2H3,(H,25,28)/b21-20-/t15-/m0/s1. The van der Waals surface area contributed by atoms with Crippen LogP contribution in [-0.2, 0) is 20.9 Å². The fourth-order valence-electron chi connectivity index (χ4n) is 3.75. The Morgan fingerprint density at radius 3 is 2.47 bits per heavy atom. The third kappa shape index (κ3) is 4.08. The van der Waals surface area contributed by atoms with E-state index >= 15 is 0 Å². The summed E-state index contributed by atoms with van der Waals surface area (Å²) in [6.45, 7) is 4.18. The zero-order valence-corrected chi connectivity index (χ0v) is 19.5. The van der Waals surface area contributed by atoms with E-state index in [9.17, 15) is 14.4 Å². The maximum absolute atomic E-state index is 13.4. The molecule has 6 nitrogen and oxygen atoms in total. The number of rotatable bonds is 6. The molecule has 4 rings (SSSR count). The molecule has 0 aromatic heterocycles. The van der Waals surface area contributed by atoms with Crippen molar-refractivity contribution in [3.8, 4) is 0 Å². The lowest BCUT2D eigenvalue weighted by Gasteiger charge is -2.21. The number of hydrogen-bond donors (Lipinski definition) is 1. The second-order valence-electron chi connectivity index (χ2n) is 7.68. The normalized spacial score (nSPS) is 18.9. The van der Waals surface area contributed by atoms with Gasteiger partial charge in [0.25, 0.3) is 11.8 Å². The van der Waals surface area contributed by atoms with Gasteiger partial charge in [-0.15, -0.1) is 0 Å². The number of nitrogens with zero attached hydrogens (tertiary/aromatic N) is 2. The maximum atomic E-state index is 13.4. The summed E-state index contributed by atoms with van der Waals surface area (Å²) in [6.07, 6.45) is 0.757. The van der Waals surface area contributed by atoms with Gasteiger partial charge in [0.2, 0.25) is 5.91 Å². The highest BCUT2D eigenvalue weighted by Gasteiger charge is 2.43. The lowest BCUT2D eigenvalue weighted by molar-refractivity contribution is -0.123. The molecule has 1 saturated heterocycles. The molecule has 2 heterocycles. The molecule has 32 heavy (non-hydrogen) atoms. The van der Waals surface area contributed by atoms with Crippen molar-refractivity contribution in [2.45, 2.75) is 32.9 Å². The molecule has 0 bridgehead atoms. The predicted molar refractivity (Wildman–Crippen MR) is 131 cm³/mol. The number of thioether (sulfide) groups is 1. The Hall–Kier alpha value is -2.97. The number of anilines is 1. The monoisotopic (exact) mass is 465 g/mol. The average Bonchev–Trinajstić information content (AvgIpc) is 3.24. The number of para-hydroxylation sites is 1. The number of fused-ring (bicyclic) bond motifs is 1. The molecule has 0 unspecified atom stereocenters. The average molecular weight is 466 g/mol. The Kier molecular flexibility index (Phi) is 6.43. The van der Waals surface area contributed by atoms with Crippen LogP contribution in [-0.4, -0.2) is 39.5 Å². The van der Waals surface area contributed by atoms with Gasteiger partial charge in [0.05, 0.1) is 16.2 Å². The van der Waals surface area contributed by atoms with Crippen molar-refractivity contribution in [1.29, 1.82) is 0 Å². The number of carbonyl (C=O) groups excluding carboxylic acids is 3. The van der Waals surface area contributed by atoms with Crippen LogP contribution in [0.25, 0.3) is 5.57 Å². The summed E-state index contributed by atoms with van der Waals surface area (Å²) in [7, 11) is 0. The van der Waals surface area contributed by atoms with Gasteiger partial charge in [0, 0.05) is 18.2 Å². The molecule has 8 heteroatoms. The lowest BCUT2D eigenvalue weighted by atomic mass is 10.1. The van der Waals surface area contributed by atoms with Crippen LogP contribution in [0.4, 0.5) is 5.69 Å². The van der Waals surface area contributed by atoms with Crippen molar-refractivity contribution in [1.82, 2.24) is 10.2 Å². The molecule has 0 saturated carbocycles. The van der Waals surface area contributed by atoms with E-state index in [2.05, 4.69) is 5.32 Å². The van der Waals surface area contributed by atoms with Crippen LogP contribution in [0.3, 0.4) is 0 Å². The summed E-state index contributed by atoms with van der Waals surface area (Å²) < 4.78 is 0.455. The van der Waals surface area contributed by atoms with Gasteiger partial charge < -0.3 is 5.32 Å². The fourth-order valence-corrected chi connectivity index (χ4v) is 5.28. The highest BCUT2D eigenvalue weighted by molar-refractivity contribution is 8.26. The minimum absolute atomic E-state index is 0.0489. The van der Waals surface area contributed by atoms with Crippen molar-refractivity contribution >= 4 is 57.3 Å². The summed E-state index contributed by atoms with van der Waals surface area (Å²) in [5.41, 5.74) is 2.57. The molecule has 2 aromatic rings. The van der Waals surface area contributed by atoms with Gasteiger partial charge in [-0.05, 0) is 25.0 Å². The Balaban J connectivity index is 1.60. The second kappa shape index (κ2) is 9.26. The number of thiocarbonyl (C=S) groups is 1. The molecule has 164 valence electrons. The van der Waals surface area contributed by atoms with Crippen LogP contribution in [0.1, 0.15) is 31.4 Å². The van der Waals surface area contributed by atoms with Crippen molar-refractivity contribution in [2.75, 3.05) is 11.4 Å². The molecule has 0 aliphatic carbocycles. The number of amides is 3. The molecule has 1 fully saturated rings. The predicted octanol–water partition coefficient (Wildman–Crippen LogP) is 3.72. The van der Waals surface area contributed by atoms with Gasteiger partial charge in [-0.3, -0.25) is 24.2 Å². The summed E-state index contributed by atoms with van der Waals surface area (Å²) in [5.74, 6) is -0.876. The minimum atomic E-state index is -0.356. The highest BCUT2D eigenvalue weighted by Crippen LogP contribution is 2.45. The molecule has 0 radical (unpaired) electrons. The molecule has 1 atom stereocenters. The first kappa shape index (κ1) is 22.2. The van der Waals surface area contributed by atoms with E-state index < -0.39 is 0 Å². The third-order valence-corrected chi connectivity index (χ3v) is 7.02. The van der Waals surface area contributed by atoms with Crippen LogP contribution in [0.2, 0.25) is 0 Å². The van der Waals surface area contributed by atoms with Gasteiger partial charge >= 0.3 is 0 Å². The summed E-state index contributed by atoms with van der Waals surface area (Å²) >= 11 is 6.59. The molecule has 2 aromatic carbocycles. The molecular formula is C24H23N3O3S2. The van der Waals surface area contributed by atoms with Crippen molar-refractivity contribution < 1.29 is 14.4 Å². The van der Waals surface area contributed by atoms with E-state index in [4.69, 9.17) is 12.2 Å². The molecule has 3 amide bonds. The zero-order valence-electron chi connectivity index (χ0n) is 17.8. The number of hydrogen-bond acceptors (Lipinski definition) is 5. The number of benzene rings is 2. The van der Waals surface area contributed by atoms with Gasteiger partial charge in [-0.25, -0.2) is 0 Å². The number of carbonyl (C=O) groups is 3. The minimum Gasteiger partial charge on any atom is -0.350 e. The Morgan fingerprint density at radius 2 is 1.75 bits per heavy atom. The van der Waals surface area contributed by atoms with Crippen LogP contribution in [0, 0.1) is 0 Å². The van der Waals surface area contributed by atoms with Crippen LogP contribution >= 0.6 is 24.0 Å². The lowest BCUT2D eigenvalue weighted by Crippen LogP contribution is -2.39. The first-order chi connectivity index (χ1) is 15.4. The Labute approximate surface area is 196 Å². The van der Waals surface area contributed by atoms with Crippen LogP contribution in [0.15, 0.2) is 59.5 Å². The SMILES string of the molecule is CC[C@H](C)N1C(=O)/C(=C2/C(=O)N(CC(=O)NCc3ccccc3)c3ccccc32)SC1=S. The van der Waals surface area contributed by atoms with E-state index in [0.29, 0.717) is 32.6 Å². The first-order valence-electron chi connectivity index (χ1n) is 10.4. The molecule has 2 aliphatic rings. The summed E-state index contributed by atoms with van der Waals surface area (Å²) in [5, 5.41) is 2.86. The Bertz CT molecular complexity index is 1130. The molecule has 1 N–H and O–H groups in total. The first-order valence-corrected chi connectivity index (χ1v) is 11.7. The van der Waals surface area contributed by atoms with E-state index in [1.807, 2.05) is 56.3 Å². The maximum Gasteiger partial charge on any atom is 0.267 e. The molecule has 0 spiro atoms. The largest absolute Gasteiger partial charge is 0.350 e. The van der Waals surface area contributed by atoms with E-state index in [0.717, 1.165) is 23.7 Å². The third-order valence-electron chi connectivity index (χ3n) is 5.62. The van der Waals surface area contributed by atoms with Crippen LogP contribution < -0.4 is 10.2 Å². The number of nitrogens with one attached hydrogen (secondary N) is 1. The smallest absolute Gasteiger partial charge is 0.267 e. The van der Waals surface area contributed by atoms with E-state index in [1.165, 1.54) is 4.90 Å². The van der Waals surface area contributed by atoms with E-state index in [-0.39, 0.29) is 30.3 Å². The van der Waals surface area contributed by atoms with E-state index in [1.54, 1.807) is 17.0 Å². The second-order valence-corrected chi connectivity index (χ2v) is 9.32. The van der Waals surface area contributed by atoms with Crippen molar-refractivity contribution in [3.63, 3.8) is 0 Å². The molecular weight excluding hydrogens is 442 g/mol. The summed E-state index contributed by atoms with van der Waals surface area (Å²) in [4.78, 5) is 42.5. The van der Waals surface area contributed by atoms with Crippen molar-refractivity contribution in [2.24, 2.45) is 0 Å². The highest BCUT2D eigenvalue weighted by atomic mass is 32.2. The molecule has 2 aliphatic heterocycles. The van der Waals surface area contributed by atoms with Gasteiger partial charge in [0.1, 0.15) is 10.9 Å². The van der Waals surface area contributed by atoms with Crippen LogP contribution in [0.5, 0.6) is 0 Å². The fraction of sp³-hybridized carbons (Fsp3) is 0.250. The zero-order chi connectivity index (χ0) is 22.8. The topological polar surface area (TPSA) is 69.7 Å². The quantitative estimate of drug-likeness (QED) is 0.520. The Morgan fingerprint density at radius 1 is 1.06 bits per heavy atom. The van der Waals surface area contributed by atoms with Gasteiger partial charge in [-0.2, -0.15) is 0 Å². The van der Waals surface area contributed by atoms with Gasteiger partial charge in [0.15, 0.2) is 0 Å². The van der Waals surface area contributed by atoms with Crippen molar-refractivity contribution in [3.05, 3.63) is 70.6 Å².